The molecule has 0 aliphatic carbocycles. The van der Waals surface area contributed by atoms with Gasteiger partial charge in [0.2, 0.25) is 5.95 Å². The average molecular weight is 214 g/mol. The molecular weight excluding hydrogens is 204 g/mol. The summed E-state index contributed by atoms with van der Waals surface area (Å²) in [4.78, 5) is 7.56. The quantitative estimate of drug-likeness (QED) is 0.746. The lowest BCUT2D eigenvalue weighted by Gasteiger charge is -1.97. The molecule has 6 heteroatoms. The van der Waals surface area contributed by atoms with Crippen LogP contribution in [-0.2, 0) is 0 Å². The van der Waals surface area contributed by atoms with E-state index in [1.165, 1.54) is 6.20 Å². The van der Waals surface area contributed by atoms with Gasteiger partial charge in [-0.2, -0.15) is 10.1 Å². The summed E-state index contributed by atoms with van der Waals surface area (Å²) in [7, 11) is 0. The van der Waals surface area contributed by atoms with Gasteiger partial charge < -0.3 is 11.5 Å². The first-order chi connectivity index (χ1) is 7.75. The molecular formula is C10H10N6. The lowest BCUT2D eigenvalue weighted by Crippen LogP contribution is -1.98. The molecule has 2 aromatic rings. The molecule has 0 aliphatic rings. The molecule has 0 radical (unpaired) electrons. The molecule has 0 unspecified atom stereocenters. The number of azo groups is 1. The van der Waals surface area contributed by atoms with E-state index >= 15 is 0 Å². The van der Waals surface area contributed by atoms with E-state index < -0.39 is 0 Å². The Morgan fingerprint density at radius 2 is 1.75 bits per heavy atom. The second-order valence-electron chi connectivity index (χ2n) is 3.03. The van der Waals surface area contributed by atoms with Gasteiger partial charge in [-0.15, -0.1) is 5.11 Å². The number of nitrogens with zero attached hydrogens (tertiary/aromatic N) is 4. The van der Waals surface area contributed by atoms with Crippen LogP contribution in [0.3, 0.4) is 0 Å². The third-order valence-electron chi connectivity index (χ3n) is 1.85. The molecule has 4 N–H and O–H groups in total. The normalized spacial score (nSPS) is 10.8. The molecule has 2 rings (SSSR count). The van der Waals surface area contributed by atoms with Crippen molar-refractivity contribution in [2.75, 3.05) is 11.5 Å². The number of nitrogens with two attached hydrogens (primary N) is 2. The van der Waals surface area contributed by atoms with Crippen molar-refractivity contribution in [3.63, 3.8) is 0 Å². The molecule has 0 amide bonds. The summed E-state index contributed by atoms with van der Waals surface area (Å²) in [6.07, 6.45) is 1.43. The molecule has 0 saturated heterocycles. The van der Waals surface area contributed by atoms with E-state index in [1.54, 1.807) is 0 Å². The molecule has 0 saturated carbocycles. The molecule has 1 aromatic heterocycles. The lowest BCUT2D eigenvalue weighted by atomic mass is 10.3. The maximum Gasteiger partial charge on any atom is 0.222 e. The summed E-state index contributed by atoms with van der Waals surface area (Å²) in [5.74, 6) is 0.336. The van der Waals surface area contributed by atoms with Crippen LogP contribution in [0.15, 0.2) is 46.8 Å². The average Bonchev–Trinajstić information content (AvgIpc) is 2.29. The molecule has 0 spiro atoms. The predicted molar refractivity (Wildman–Crippen MR) is 61.5 cm³/mol. The van der Waals surface area contributed by atoms with Crippen molar-refractivity contribution in [3.8, 4) is 0 Å². The number of hydrogen-bond acceptors (Lipinski definition) is 6. The Labute approximate surface area is 92.1 Å². The number of aromatic nitrogens is 2. The largest absolute Gasteiger partial charge is 0.382 e. The van der Waals surface area contributed by atoms with Crippen molar-refractivity contribution < 1.29 is 0 Å². The smallest absolute Gasteiger partial charge is 0.222 e. The maximum absolute atomic E-state index is 5.60. The molecule has 6 nitrogen and oxygen atoms in total. The van der Waals surface area contributed by atoms with Crippen molar-refractivity contribution in [3.05, 3.63) is 36.5 Å². The Morgan fingerprint density at radius 3 is 2.44 bits per heavy atom. The van der Waals surface area contributed by atoms with Crippen molar-refractivity contribution in [1.82, 2.24) is 9.97 Å². The highest BCUT2D eigenvalue weighted by Crippen LogP contribution is 2.21. The summed E-state index contributed by atoms with van der Waals surface area (Å²) >= 11 is 0. The van der Waals surface area contributed by atoms with Gasteiger partial charge in [-0.05, 0) is 12.1 Å². The minimum Gasteiger partial charge on any atom is -0.382 e. The van der Waals surface area contributed by atoms with Crippen LogP contribution in [0, 0.1) is 0 Å². The van der Waals surface area contributed by atoms with Crippen LogP contribution in [0.1, 0.15) is 0 Å². The van der Waals surface area contributed by atoms with Crippen molar-refractivity contribution >= 4 is 23.1 Å². The van der Waals surface area contributed by atoms with E-state index in [-0.39, 0.29) is 11.8 Å². The third kappa shape index (κ3) is 2.30. The molecule has 0 aliphatic heterocycles. The monoisotopic (exact) mass is 214 g/mol. The fraction of sp³-hybridized carbons (Fsp3) is 0. The van der Waals surface area contributed by atoms with E-state index in [0.29, 0.717) is 5.69 Å². The highest BCUT2D eigenvalue weighted by atomic mass is 15.1. The van der Waals surface area contributed by atoms with Crippen molar-refractivity contribution in [1.29, 1.82) is 0 Å². The Hall–Kier alpha value is -2.50. The van der Waals surface area contributed by atoms with Gasteiger partial charge >= 0.3 is 0 Å². The van der Waals surface area contributed by atoms with Crippen LogP contribution >= 0.6 is 0 Å². The Balaban J connectivity index is 2.24. The zero-order valence-electron chi connectivity index (χ0n) is 8.41. The minimum absolute atomic E-state index is 0.121. The minimum atomic E-state index is 0.121. The van der Waals surface area contributed by atoms with Crippen molar-refractivity contribution in [2.24, 2.45) is 10.2 Å². The number of anilines is 2. The van der Waals surface area contributed by atoms with Crippen LogP contribution < -0.4 is 11.5 Å². The SMILES string of the molecule is Nc1ncc(N=Nc2ccccc2)c(N)n1. The number of benzene rings is 1. The third-order valence-corrected chi connectivity index (χ3v) is 1.85. The number of hydrogen-bond donors (Lipinski definition) is 2. The Kier molecular flexibility index (Phi) is 2.73. The van der Waals surface area contributed by atoms with E-state index in [0.717, 1.165) is 5.69 Å². The van der Waals surface area contributed by atoms with Gasteiger partial charge in [-0.25, -0.2) is 4.98 Å². The van der Waals surface area contributed by atoms with Gasteiger partial charge in [0.05, 0.1) is 11.9 Å². The van der Waals surface area contributed by atoms with Gasteiger partial charge in [-0.3, -0.25) is 0 Å². The fourth-order valence-electron chi connectivity index (χ4n) is 1.09. The number of nitrogen functional groups attached to an aromatic ring is 2. The second kappa shape index (κ2) is 4.35. The van der Waals surface area contributed by atoms with Crippen molar-refractivity contribution in [2.45, 2.75) is 0 Å². The Morgan fingerprint density at radius 1 is 1.00 bits per heavy atom. The van der Waals surface area contributed by atoms with Gasteiger partial charge in [-0.1, -0.05) is 18.2 Å². The van der Waals surface area contributed by atoms with Gasteiger partial charge in [0.15, 0.2) is 5.82 Å². The van der Waals surface area contributed by atoms with Gasteiger partial charge in [0.1, 0.15) is 5.69 Å². The zero-order chi connectivity index (χ0) is 11.4. The standard InChI is InChI=1S/C10H10N6/c11-9-8(6-13-10(12)14-9)16-15-7-4-2-1-3-5-7/h1-6H,(H4,11,12,13,14). The predicted octanol–water partition coefficient (Wildman–Crippen LogP) is 2.06. The van der Waals surface area contributed by atoms with E-state index in [2.05, 4.69) is 20.2 Å². The maximum atomic E-state index is 5.60. The van der Waals surface area contributed by atoms with E-state index in [4.69, 9.17) is 11.5 Å². The van der Waals surface area contributed by atoms with Crippen LogP contribution in [0.2, 0.25) is 0 Å². The lowest BCUT2D eigenvalue weighted by molar-refractivity contribution is 1.14. The fourth-order valence-corrected chi connectivity index (χ4v) is 1.09. The highest BCUT2D eigenvalue weighted by Gasteiger charge is 2.00. The second-order valence-corrected chi connectivity index (χ2v) is 3.03. The Bertz CT molecular complexity index is 508. The molecule has 0 bridgehead atoms. The first-order valence-electron chi connectivity index (χ1n) is 4.60. The van der Waals surface area contributed by atoms with Crippen LogP contribution in [0.4, 0.5) is 23.1 Å². The molecule has 0 atom stereocenters. The summed E-state index contributed by atoms with van der Waals surface area (Å²) < 4.78 is 0. The first-order valence-corrected chi connectivity index (χ1v) is 4.60. The highest BCUT2D eigenvalue weighted by molar-refractivity contribution is 5.57. The summed E-state index contributed by atoms with van der Waals surface area (Å²) in [6, 6.07) is 9.31. The van der Waals surface area contributed by atoms with Crippen LogP contribution in [-0.4, -0.2) is 9.97 Å². The first kappa shape index (κ1) is 10.0. The molecule has 1 heterocycles. The summed E-state index contributed by atoms with van der Waals surface area (Å²) in [5, 5.41) is 7.93. The van der Waals surface area contributed by atoms with Gasteiger partial charge in [0.25, 0.3) is 0 Å². The van der Waals surface area contributed by atoms with E-state index in [1.807, 2.05) is 30.3 Å². The molecule has 16 heavy (non-hydrogen) atoms. The molecule has 1 aromatic carbocycles. The van der Waals surface area contributed by atoms with Gasteiger partial charge in [0, 0.05) is 0 Å². The summed E-state index contributed by atoms with van der Waals surface area (Å²) in [5.41, 5.74) is 12.1. The zero-order valence-corrected chi connectivity index (χ0v) is 8.41. The number of rotatable bonds is 2. The molecule has 0 fully saturated rings. The van der Waals surface area contributed by atoms with Crippen LogP contribution in [0.25, 0.3) is 0 Å². The molecule has 80 valence electrons. The van der Waals surface area contributed by atoms with E-state index in [9.17, 15) is 0 Å². The summed E-state index contributed by atoms with van der Waals surface area (Å²) in [6.45, 7) is 0. The topological polar surface area (TPSA) is 103 Å². The van der Waals surface area contributed by atoms with Crippen LogP contribution in [0.5, 0.6) is 0 Å².